The van der Waals surface area contributed by atoms with Crippen molar-refractivity contribution in [1.82, 2.24) is 19.9 Å². The number of hydrogen-bond donors (Lipinski definition) is 0. The van der Waals surface area contributed by atoms with Gasteiger partial charge >= 0.3 is 0 Å². The summed E-state index contributed by atoms with van der Waals surface area (Å²) in [7, 11) is 0. The van der Waals surface area contributed by atoms with Crippen molar-refractivity contribution in [1.29, 1.82) is 0 Å². The lowest BCUT2D eigenvalue weighted by molar-refractivity contribution is 1.07. The molecular formula is C28H16N4S2. The molecule has 0 atom stereocenters. The van der Waals surface area contributed by atoms with Crippen LogP contribution in [-0.4, -0.2) is 19.9 Å². The molecule has 0 fully saturated rings. The van der Waals surface area contributed by atoms with Gasteiger partial charge < -0.3 is 0 Å². The van der Waals surface area contributed by atoms with Gasteiger partial charge in [-0.2, -0.15) is 0 Å². The minimum atomic E-state index is 0.599. The Morgan fingerprint density at radius 3 is 1.76 bits per heavy atom. The molecular weight excluding hydrogens is 456 g/mol. The molecule has 7 rings (SSSR count). The molecule has 6 heteroatoms. The fourth-order valence-corrected chi connectivity index (χ4v) is 6.27. The summed E-state index contributed by atoms with van der Waals surface area (Å²) in [5, 5.41) is 3.32. The smallest absolute Gasteiger partial charge is 0.192 e. The van der Waals surface area contributed by atoms with E-state index in [1.54, 1.807) is 11.3 Å². The van der Waals surface area contributed by atoms with E-state index < -0.39 is 0 Å². The van der Waals surface area contributed by atoms with Crippen molar-refractivity contribution >= 4 is 53.1 Å². The summed E-state index contributed by atoms with van der Waals surface area (Å²) in [6, 6.07) is 33.0. The Kier molecular flexibility index (Phi) is 4.46. The second-order valence-electron chi connectivity index (χ2n) is 7.97. The highest BCUT2D eigenvalue weighted by molar-refractivity contribution is 7.26. The van der Waals surface area contributed by atoms with E-state index in [-0.39, 0.29) is 0 Å². The van der Waals surface area contributed by atoms with E-state index in [1.807, 2.05) is 72.0 Å². The third kappa shape index (κ3) is 3.27. The third-order valence-corrected chi connectivity index (χ3v) is 7.93. The zero-order valence-corrected chi connectivity index (χ0v) is 19.5. The molecule has 4 nitrogen and oxygen atoms in total. The van der Waals surface area contributed by atoms with Gasteiger partial charge in [0.25, 0.3) is 0 Å². The summed E-state index contributed by atoms with van der Waals surface area (Å²) in [6.07, 6.45) is 0. The number of thiazole rings is 1. The Balaban J connectivity index is 1.43. The Bertz CT molecular complexity index is 1750. The Hall–Kier alpha value is -4.00. The average molecular weight is 473 g/mol. The molecule has 0 bridgehead atoms. The molecule has 0 aliphatic rings. The van der Waals surface area contributed by atoms with Crippen molar-refractivity contribution < 1.29 is 0 Å². The van der Waals surface area contributed by atoms with Gasteiger partial charge in [0, 0.05) is 31.3 Å². The summed E-state index contributed by atoms with van der Waals surface area (Å²) < 4.78 is 3.71. The molecule has 0 spiro atoms. The van der Waals surface area contributed by atoms with Gasteiger partial charge in [0.05, 0.1) is 10.2 Å². The van der Waals surface area contributed by atoms with E-state index in [2.05, 4.69) is 36.4 Å². The molecule has 0 aliphatic carbocycles. The van der Waals surface area contributed by atoms with E-state index in [9.17, 15) is 0 Å². The van der Waals surface area contributed by atoms with Crippen molar-refractivity contribution in [2.45, 2.75) is 0 Å². The SMILES string of the molecule is c1ccc(-c2nc(-c3ccccc3)nc(-c3nc4cc5c(cc4s3)sc3ccccc35)n2)cc1. The molecule has 3 aromatic heterocycles. The topological polar surface area (TPSA) is 51.6 Å². The first-order chi connectivity index (χ1) is 16.8. The number of thiophene rings is 1. The average Bonchev–Trinajstić information content (AvgIpc) is 3.48. The van der Waals surface area contributed by atoms with Crippen molar-refractivity contribution in [3.63, 3.8) is 0 Å². The molecule has 0 unspecified atom stereocenters. The molecule has 0 saturated heterocycles. The van der Waals surface area contributed by atoms with Crippen LogP contribution in [0.2, 0.25) is 0 Å². The summed E-state index contributed by atoms with van der Waals surface area (Å²) in [5.74, 6) is 1.90. The van der Waals surface area contributed by atoms with Crippen molar-refractivity contribution in [2.24, 2.45) is 0 Å². The molecule has 7 aromatic rings. The predicted molar refractivity (Wildman–Crippen MR) is 142 cm³/mol. The highest BCUT2D eigenvalue weighted by Gasteiger charge is 2.16. The minimum Gasteiger partial charge on any atom is -0.233 e. The van der Waals surface area contributed by atoms with Crippen LogP contribution in [0, 0.1) is 0 Å². The zero-order valence-electron chi connectivity index (χ0n) is 17.8. The Morgan fingerprint density at radius 1 is 0.441 bits per heavy atom. The molecule has 4 aromatic carbocycles. The van der Waals surface area contributed by atoms with Crippen LogP contribution >= 0.6 is 22.7 Å². The van der Waals surface area contributed by atoms with E-state index in [4.69, 9.17) is 19.9 Å². The van der Waals surface area contributed by atoms with E-state index >= 15 is 0 Å². The molecule has 0 radical (unpaired) electrons. The standard InChI is InChI=1S/C28H16N4S2/c1-3-9-17(10-4-1)25-30-26(18-11-5-2-6-12-18)32-27(31-25)28-29-21-15-20-19-13-7-8-14-22(19)33-23(20)16-24(21)34-28/h1-16H. The molecule has 0 aliphatic heterocycles. The second-order valence-corrected chi connectivity index (χ2v) is 10.1. The van der Waals surface area contributed by atoms with Gasteiger partial charge in [-0.15, -0.1) is 22.7 Å². The van der Waals surface area contributed by atoms with E-state index in [0.717, 1.165) is 26.4 Å². The van der Waals surface area contributed by atoms with Crippen LogP contribution in [0.25, 0.3) is 64.0 Å². The van der Waals surface area contributed by atoms with Crippen LogP contribution in [-0.2, 0) is 0 Å². The minimum absolute atomic E-state index is 0.599. The molecule has 3 heterocycles. The number of benzene rings is 4. The maximum Gasteiger partial charge on any atom is 0.192 e. The molecule has 34 heavy (non-hydrogen) atoms. The van der Waals surface area contributed by atoms with Gasteiger partial charge in [0.15, 0.2) is 22.5 Å². The molecule has 0 amide bonds. The Morgan fingerprint density at radius 2 is 1.06 bits per heavy atom. The number of aromatic nitrogens is 4. The lowest BCUT2D eigenvalue weighted by Crippen LogP contribution is -1.99. The molecule has 0 N–H and O–H groups in total. The normalized spacial score (nSPS) is 11.5. The monoisotopic (exact) mass is 472 g/mol. The second kappa shape index (κ2) is 7.80. The van der Waals surface area contributed by atoms with Crippen molar-refractivity contribution in [3.05, 3.63) is 97.1 Å². The number of nitrogens with zero attached hydrogens (tertiary/aromatic N) is 4. The number of hydrogen-bond acceptors (Lipinski definition) is 6. The number of rotatable bonds is 3. The maximum atomic E-state index is 4.96. The van der Waals surface area contributed by atoms with E-state index in [1.165, 1.54) is 20.2 Å². The summed E-state index contributed by atoms with van der Waals surface area (Å²) in [4.78, 5) is 19.4. The maximum absolute atomic E-state index is 4.96. The fraction of sp³-hybridized carbons (Fsp3) is 0. The van der Waals surface area contributed by atoms with Crippen LogP contribution in [0.4, 0.5) is 0 Å². The van der Waals surface area contributed by atoms with E-state index in [0.29, 0.717) is 17.5 Å². The first-order valence-electron chi connectivity index (χ1n) is 10.9. The number of fused-ring (bicyclic) bond motifs is 4. The Labute approximate surface area is 203 Å². The van der Waals surface area contributed by atoms with Gasteiger partial charge in [0.2, 0.25) is 0 Å². The summed E-state index contributed by atoms with van der Waals surface area (Å²) >= 11 is 3.44. The van der Waals surface area contributed by atoms with Crippen molar-refractivity contribution in [3.8, 4) is 33.6 Å². The lowest BCUT2D eigenvalue weighted by atomic mass is 10.1. The van der Waals surface area contributed by atoms with Gasteiger partial charge in [-0.25, -0.2) is 19.9 Å². The van der Waals surface area contributed by atoms with Gasteiger partial charge in [-0.05, 0) is 18.2 Å². The zero-order chi connectivity index (χ0) is 22.5. The summed E-state index contributed by atoms with van der Waals surface area (Å²) in [5.41, 5.74) is 2.88. The first-order valence-corrected chi connectivity index (χ1v) is 12.5. The van der Waals surface area contributed by atoms with Crippen LogP contribution in [0.3, 0.4) is 0 Å². The largest absolute Gasteiger partial charge is 0.233 e. The first kappa shape index (κ1) is 19.5. The predicted octanol–water partition coefficient (Wildman–Crippen LogP) is 7.85. The van der Waals surface area contributed by atoms with Gasteiger partial charge in [-0.1, -0.05) is 78.9 Å². The third-order valence-electron chi connectivity index (χ3n) is 5.78. The molecule has 0 saturated carbocycles. The van der Waals surface area contributed by atoms with Crippen LogP contribution in [0.15, 0.2) is 97.1 Å². The van der Waals surface area contributed by atoms with Gasteiger partial charge in [0.1, 0.15) is 0 Å². The molecule has 160 valence electrons. The quantitative estimate of drug-likeness (QED) is 0.263. The fourth-order valence-electron chi connectivity index (χ4n) is 4.15. The van der Waals surface area contributed by atoms with Crippen LogP contribution < -0.4 is 0 Å². The summed E-state index contributed by atoms with van der Waals surface area (Å²) in [6.45, 7) is 0. The highest BCUT2D eigenvalue weighted by Crippen LogP contribution is 2.39. The van der Waals surface area contributed by atoms with Crippen LogP contribution in [0.5, 0.6) is 0 Å². The highest BCUT2D eigenvalue weighted by atomic mass is 32.1. The van der Waals surface area contributed by atoms with Gasteiger partial charge in [-0.3, -0.25) is 0 Å². The van der Waals surface area contributed by atoms with Crippen molar-refractivity contribution in [2.75, 3.05) is 0 Å². The van der Waals surface area contributed by atoms with Crippen LogP contribution in [0.1, 0.15) is 0 Å². The lowest BCUT2D eigenvalue weighted by Gasteiger charge is -2.06.